The minimum absolute atomic E-state index is 0.0278. The Morgan fingerprint density at radius 3 is 2.69 bits per heavy atom. The Morgan fingerprint density at radius 1 is 1.19 bits per heavy atom. The summed E-state index contributed by atoms with van der Waals surface area (Å²) < 4.78 is 27.3. The largest absolute Gasteiger partial charge is 0.467 e. The second kappa shape index (κ2) is 13.1. The number of aliphatic hydroxyl groups excluding tert-OH is 1. The zero-order chi connectivity index (χ0) is 18.5. The first kappa shape index (κ1) is 21.2. The highest BCUT2D eigenvalue weighted by Crippen LogP contribution is 2.15. The van der Waals surface area contributed by atoms with Crippen LogP contribution in [0.1, 0.15) is 57.1 Å². The fraction of sp³-hybridized carbons (Fsp3) is 0.842. The Hall–Kier alpha value is -1.15. The lowest BCUT2D eigenvalue weighted by Crippen LogP contribution is -2.27. The van der Waals surface area contributed by atoms with E-state index < -0.39 is 6.10 Å². The Bertz CT molecular complexity index is 461. The van der Waals surface area contributed by atoms with Crippen molar-refractivity contribution in [2.75, 3.05) is 33.0 Å². The van der Waals surface area contributed by atoms with Crippen molar-refractivity contribution in [2.45, 2.75) is 70.7 Å². The molecule has 0 radical (unpaired) electrons. The second-order valence-electron chi connectivity index (χ2n) is 6.71. The smallest absolute Gasteiger partial charge is 0.254 e. The van der Waals surface area contributed by atoms with E-state index in [-0.39, 0.29) is 12.9 Å². The molecule has 26 heavy (non-hydrogen) atoms. The molecule has 2 rings (SSSR count). The van der Waals surface area contributed by atoms with Gasteiger partial charge in [0.05, 0.1) is 13.2 Å². The van der Waals surface area contributed by atoms with Crippen LogP contribution < -0.4 is 4.74 Å². The molecule has 7 nitrogen and oxygen atoms in total. The summed E-state index contributed by atoms with van der Waals surface area (Å²) in [6.45, 7) is 4.32. The molecule has 1 aromatic heterocycles. The number of aromatic nitrogens is 1. The third-order valence-corrected chi connectivity index (χ3v) is 4.28. The first-order valence-corrected chi connectivity index (χ1v) is 9.79. The molecular weight excluding hydrogens is 338 g/mol. The Labute approximate surface area is 155 Å². The maximum absolute atomic E-state index is 9.33. The van der Waals surface area contributed by atoms with Gasteiger partial charge < -0.3 is 28.6 Å². The van der Waals surface area contributed by atoms with Crippen LogP contribution in [0.2, 0.25) is 0 Å². The van der Waals surface area contributed by atoms with Crippen molar-refractivity contribution in [3.05, 3.63) is 11.8 Å². The van der Waals surface area contributed by atoms with Gasteiger partial charge in [-0.3, -0.25) is 0 Å². The van der Waals surface area contributed by atoms with Gasteiger partial charge in [-0.05, 0) is 44.2 Å². The van der Waals surface area contributed by atoms with Gasteiger partial charge in [-0.2, -0.15) is 0 Å². The van der Waals surface area contributed by atoms with Gasteiger partial charge in [0.15, 0.2) is 6.29 Å². The lowest BCUT2D eigenvalue weighted by atomic mass is 10.1. The van der Waals surface area contributed by atoms with Crippen molar-refractivity contribution in [3.8, 4) is 5.88 Å². The van der Waals surface area contributed by atoms with Crippen LogP contribution in [0, 0.1) is 6.92 Å². The van der Waals surface area contributed by atoms with Crippen LogP contribution in [-0.2, 0) is 14.2 Å². The molecule has 1 fully saturated rings. The normalized spacial score (nSPS) is 18.8. The molecule has 0 aliphatic carbocycles. The summed E-state index contributed by atoms with van der Waals surface area (Å²) in [6.07, 6.45) is 8.58. The van der Waals surface area contributed by atoms with Crippen molar-refractivity contribution >= 4 is 0 Å². The lowest BCUT2D eigenvalue weighted by Gasteiger charge is -2.22. The first-order valence-electron chi connectivity index (χ1n) is 9.79. The summed E-state index contributed by atoms with van der Waals surface area (Å²) in [4.78, 5) is 0. The third kappa shape index (κ3) is 8.98. The van der Waals surface area contributed by atoms with Crippen LogP contribution >= 0.6 is 0 Å². The average Bonchev–Trinajstić information content (AvgIpc) is 3.08. The van der Waals surface area contributed by atoms with Crippen molar-refractivity contribution in [2.24, 2.45) is 0 Å². The van der Waals surface area contributed by atoms with E-state index in [1.807, 2.05) is 0 Å². The number of aryl methyl sites for hydroxylation is 1. The molecule has 2 unspecified atom stereocenters. The van der Waals surface area contributed by atoms with E-state index in [0.29, 0.717) is 24.9 Å². The van der Waals surface area contributed by atoms with E-state index in [4.69, 9.17) is 23.5 Å². The highest BCUT2D eigenvalue weighted by molar-refractivity contribution is 5.09. The van der Waals surface area contributed by atoms with Gasteiger partial charge >= 0.3 is 0 Å². The molecule has 0 bridgehead atoms. The summed E-state index contributed by atoms with van der Waals surface area (Å²) >= 11 is 0. The van der Waals surface area contributed by atoms with Crippen molar-refractivity contribution in [1.82, 2.24) is 5.16 Å². The molecule has 1 aliphatic heterocycles. The van der Waals surface area contributed by atoms with Gasteiger partial charge in [0.25, 0.3) is 5.88 Å². The molecule has 1 saturated heterocycles. The average molecular weight is 371 g/mol. The summed E-state index contributed by atoms with van der Waals surface area (Å²) in [5.74, 6) is 1.06. The summed E-state index contributed by atoms with van der Waals surface area (Å²) in [7, 11) is 0. The van der Waals surface area contributed by atoms with Crippen LogP contribution in [-0.4, -0.2) is 55.7 Å². The number of ether oxygens (including phenoxy) is 4. The minimum Gasteiger partial charge on any atom is -0.467 e. The Kier molecular flexibility index (Phi) is 10.6. The molecular formula is C19H33NO6. The van der Waals surface area contributed by atoms with Gasteiger partial charge in [0.1, 0.15) is 11.9 Å². The number of unbranched alkanes of at least 4 members (excludes halogenated alkanes) is 4. The topological polar surface area (TPSA) is 83.2 Å². The summed E-state index contributed by atoms with van der Waals surface area (Å²) in [5.41, 5.74) is 0. The van der Waals surface area contributed by atoms with Gasteiger partial charge in [-0.15, -0.1) is 0 Å². The molecule has 2 atom stereocenters. The number of nitrogens with zero attached hydrogens (tertiary/aromatic N) is 1. The lowest BCUT2D eigenvalue weighted by molar-refractivity contribution is -0.162. The zero-order valence-corrected chi connectivity index (χ0v) is 15.9. The molecule has 0 aromatic carbocycles. The van der Waals surface area contributed by atoms with Crippen LogP contribution in [0.4, 0.5) is 0 Å². The fourth-order valence-electron chi connectivity index (χ4n) is 2.80. The molecule has 150 valence electrons. The molecule has 7 heteroatoms. The fourth-order valence-corrected chi connectivity index (χ4v) is 2.80. The highest BCUT2D eigenvalue weighted by Gasteiger charge is 2.13. The van der Waals surface area contributed by atoms with Crippen molar-refractivity contribution in [3.63, 3.8) is 0 Å². The number of aliphatic hydroxyl groups is 1. The van der Waals surface area contributed by atoms with Gasteiger partial charge in [-0.25, -0.2) is 0 Å². The molecule has 1 aliphatic rings. The van der Waals surface area contributed by atoms with Crippen molar-refractivity contribution < 1.29 is 28.6 Å². The SMILES string of the molecule is Cc1cc(OC(CO)COCCCCCCCOC2CCCCO2)no1. The van der Waals surface area contributed by atoms with E-state index in [2.05, 4.69) is 5.16 Å². The Morgan fingerprint density at radius 2 is 2.00 bits per heavy atom. The van der Waals surface area contributed by atoms with Crippen molar-refractivity contribution in [1.29, 1.82) is 0 Å². The molecule has 1 N–H and O–H groups in total. The Balaban J connectivity index is 1.38. The molecule has 0 saturated carbocycles. The van der Waals surface area contributed by atoms with Crippen LogP contribution in [0.5, 0.6) is 5.88 Å². The first-order chi connectivity index (χ1) is 12.8. The van der Waals surface area contributed by atoms with E-state index in [9.17, 15) is 5.11 Å². The quantitative estimate of drug-likeness (QED) is 0.503. The van der Waals surface area contributed by atoms with E-state index in [1.54, 1.807) is 13.0 Å². The number of rotatable bonds is 14. The zero-order valence-electron chi connectivity index (χ0n) is 15.9. The van der Waals surface area contributed by atoms with Gasteiger partial charge in [0.2, 0.25) is 0 Å². The summed E-state index contributed by atoms with van der Waals surface area (Å²) in [6, 6.07) is 1.69. The molecule has 2 heterocycles. The van der Waals surface area contributed by atoms with Crippen LogP contribution in [0.3, 0.4) is 0 Å². The molecule has 1 aromatic rings. The standard InChI is InChI=1S/C19H33NO6/c1-16-13-18(20-26-16)25-17(14-21)15-22-10-6-3-2-4-7-11-23-19-9-5-8-12-24-19/h13,17,19,21H,2-12,14-15H2,1H3. The van der Waals surface area contributed by atoms with E-state index in [0.717, 1.165) is 45.3 Å². The highest BCUT2D eigenvalue weighted by atomic mass is 16.7. The number of hydrogen-bond donors (Lipinski definition) is 1. The van der Waals surface area contributed by atoms with Crippen LogP contribution in [0.15, 0.2) is 10.6 Å². The summed E-state index contributed by atoms with van der Waals surface area (Å²) in [5, 5.41) is 13.1. The molecule has 0 spiro atoms. The van der Waals surface area contributed by atoms with Crippen LogP contribution in [0.25, 0.3) is 0 Å². The predicted octanol–water partition coefficient (Wildman–Crippen LogP) is 3.23. The monoisotopic (exact) mass is 371 g/mol. The van der Waals surface area contributed by atoms with E-state index in [1.165, 1.54) is 19.3 Å². The van der Waals surface area contributed by atoms with Gasteiger partial charge in [-0.1, -0.05) is 19.3 Å². The third-order valence-electron chi connectivity index (χ3n) is 4.28. The molecule has 0 amide bonds. The predicted molar refractivity (Wildman–Crippen MR) is 96.2 cm³/mol. The van der Waals surface area contributed by atoms with E-state index >= 15 is 0 Å². The second-order valence-corrected chi connectivity index (χ2v) is 6.71. The van der Waals surface area contributed by atoms with Gasteiger partial charge in [0, 0.05) is 25.9 Å². The maximum Gasteiger partial charge on any atom is 0.254 e. The minimum atomic E-state index is -0.418. The number of hydrogen-bond acceptors (Lipinski definition) is 7. The maximum atomic E-state index is 9.33.